The molecule has 0 rings (SSSR count). The van der Waals surface area contributed by atoms with E-state index in [1.54, 1.807) is 0 Å². The van der Waals surface area contributed by atoms with Crippen molar-refractivity contribution in [1.82, 2.24) is 5.32 Å². The van der Waals surface area contributed by atoms with Gasteiger partial charge in [-0.2, -0.15) is 0 Å². The summed E-state index contributed by atoms with van der Waals surface area (Å²) in [6.07, 6.45) is 6.80. The lowest BCUT2D eigenvalue weighted by Crippen LogP contribution is -2.29. The topological polar surface area (TPSA) is 55.1 Å². The summed E-state index contributed by atoms with van der Waals surface area (Å²) in [4.78, 5) is 10.4. The van der Waals surface area contributed by atoms with Crippen LogP contribution >= 0.6 is 0 Å². The zero-order valence-electron chi connectivity index (χ0n) is 9.51. The van der Waals surface area contributed by atoms with Crippen LogP contribution in [0, 0.1) is 0 Å². The predicted molar refractivity (Wildman–Crippen MR) is 55.4 cm³/mol. The first-order chi connectivity index (χ1) is 6.66. The molecule has 0 heterocycles. The quantitative estimate of drug-likeness (QED) is 0.536. The van der Waals surface area contributed by atoms with Crippen LogP contribution in [-0.4, -0.2) is 19.0 Å². The summed E-state index contributed by atoms with van der Waals surface area (Å²) in [6.45, 7) is 1.95. The van der Waals surface area contributed by atoms with Gasteiger partial charge in [-0.15, -0.1) is 0 Å². The minimum atomic E-state index is -0.395. The molecule has 0 radical (unpaired) electrons. The molecule has 0 fully saturated rings. The van der Waals surface area contributed by atoms with Crippen LogP contribution in [0.3, 0.4) is 0 Å². The average molecular weight is 187 g/mol. The molecule has 0 bridgehead atoms. The molecule has 1 amide bonds. The van der Waals surface area contributed by atoms with Crippen molar-refractivity contribution in [3.05, 3.63) is 0 Å². The average Bonchev–Trinajstić information content (AvgIpc) is 2.14. The maximum atomic E-state index is 10.4. The molecule has 0 aromatic carbocycles. The van der Waals surface area contributed by atoms with Crippen LogP contribution in [0.1, 0.15) is 46.8 Å². The van der Waals surface area contributed by atoms with Crippen molar-refractivity contribution in [3.8, 4) is 0 Å². The maximum Gasteiger partial charge on any atom is 0.231 e. The lowest BCUT2D eigenvalue weighted by molar-refractivity contribution is -0.117. The Morgan fingerprint density at radius 1 is 1.31 bits per heavy atom. The number of carbonyl (C=O) groups excluding carboxylic acids is 1. The standard InChI is InChI=1S/C10H22N2O/c1-2-3-4-5-6-7-8-12-9-10(11)13/h12H,2-9H2,1H3,(H2,11,13)/i8D/t8-/m1/s1. The highest BCUT2D eigenvalue weighted by molar-refractivity contribution is 5.75. The Bertz CT molecular complexity index is 153. The summed E-state index contributed by atoms with van der Waals surface area (Å²) in [5.74, 6) is -0.395. The number of primary amides is 1. The van der Waals surface area contributed by atoms with E-state index >= 15 is 0 Å². The third kappa shape index (κ3) is 11.4. The fraction of sp³-hybridized carbons (Fsp3) is 0.900. The number of hydrogen-bond acceptors (Lipinski definition) is 2. The summed E-state index contributed by atoms with van der Waals surface area (Å²) in [6, 6.07) is 0. The molecule has 0 saturated carbocycles. The first-order valence-corrected chi connectivity index (χ1v) is 5.10. The summed E-state index contributed by atoms with van der Waals surface area (Å²) < 4.78 is 7.53. The van der Waals surface area contributed by atoms with E-state index in [1.807, 2.05) is 0 Å². The molecule has 0 aliphatic heterocycles. The van der Waals surface area contributed by atoms with E-state index in [0.717, 1.165) is 12.8 Å². The van der Waals surface area contributed by atoms with Crippen LogP contribution in [0.5, 0.6) is 0 Å². The van der Waals surface area contributed by atoms with Gasteiger partial charge in [0.25, 0.3) is 0 Å². The fourth-order valence-electron chi connectivity index (χ4n) is 1.12. The Morgan fingerprint density at radius 3 is 2.54 bits per heavy atom. The lowest BCUT2D eigenvalue weighted by Gasteiger charge is -2.01. The van der Waals surface area contributed by atoms with Gasteiger partial charge in [0, 0.05) is 1.37 Å². The molecule has 0 spiro atoms. The first kappa shape index (κ1) is 10.5. The molecule has 3 heteroatoms. The minimum absolute atomic E-state index is 0.114. The van der Waals surface area contributed by atoms with Crippen LogP contribution in [0.2, 0.25) is 0 Å². The summed E-state index contributed by atoms with van der Waals surface area (Å²) in [5, 5.41) is 2.77. The Labute approximate surface area is 82.5 Å². The number of amides is 1. The van der Waals surface area contributed by atoms with Crippen molar-refractivity contribution < 1.29 is 6.17 Å². The van der Waals surface area contributed by atoms with E-state index in [1.165, 1.54) is 25.7 Å². The maximum absolute atomic E-state index is 10.4. The van der Waals surface area contributed by atoms with Gasteiger partial charge in [0.05, 0.1) is 6.54 Å². The molecule has 13 heavy (non-hydrogen) atoms. The second-order valence-corrected chi connectivity index (χ2v) is 3.25. The fourth-order valence-corrected chi connectivity index (χ4v) is 1.12. The van der Waals surface area contributed by atoms with Crippen LogP contribution in [0.15, 0.2) is 0 Å². The second-order valence-electron chi connectivity index (χ2n) is 3.25. The van der Waals surface area contributed by atoms with Gasteiger partial charge in [-0.05, 0) is 12.9 Å². The Kier molecular flexibility index (Phi) is 7.69. The summed E-state index contributed by atoms with van der Waals surface area (Å²) >= 11 is 0. The smallest absolute Gasteiger partial charge is 0.231 e. The predicted octanol–water partition coefficient (Wildman–Crippen LogP) is 1.42. The molecule has 3 N–H and O–H groups in total. The van der Waals surface area contributed by atoms with E-state index in [9.17, 15) is 4.79 Å². The van der Waals surface area contributed by atoms with Crippen molar-refractivity contribution >= 4 is 5.91 Å². The first-order valence-electron chi connectivity index (χ1n) is 5.68. The molecule has 3 nitrogen and oxygen atoms in total. The van der Waals surface area contributed by atoms with Gasteiger partial charge in [0.1, 0.15) is 0 Å². The summed E-state index contributed by atoms with van der Waals surface area (Å²) in [7, 11) is 0. The molecule has 0 unspecified atom stereocenters. The second kappa shape index (κ2) is 9.52. The van der Waals surface area contributed by atoms with Crippen molar-refractivity contribution in [2.75, 3.05) is 13.1 Å². The normalized spacial score (nSPS) is 13.8. The van der Waals surface area contributed by atoms with Gasteiger partial charge in [0.2, 0.25) is 5.91 Å². The highest BCUT2D eigenvalue weighted by Gasteiger charge is 1.92. The minimum Gasteiger partial charge on any atom is -0.369 e. The third-order valence-electron chi connectivity index (χ3n) is 1.87. The van der Waals surface area contributed by atoms with E-state index in [4.69, 9.17) is 7.10 Å². The number of nitrogens with two attached hydrogens (primary N) is 1. The van der Waals surface area contributed by atoms with Crippen molar-refractivity contribution in [2.45, 2.75) is 45.4 Å². The van der Waals surface area contributed by atoms with Gasteiger partial charge in [-0.25, -0.2) is 0 Å². The van der Waals surface area contributed by atoms with Gasteiger partial charge in [-0.3, -0.25) is 4.79 Å². The molecule has 1 atom stereocenters. The molecular formula is C10H22N2O. The Morgan fingerprint density at radius 2 is 1.92 bits per heavy atom. The van der Waals surface area contributed by atoms with Gasteiger partial charge < -0.3 is 11.1 Å². The molecule has 0 aliphatic rings. The van der Waals surface area contributed by atoms with Crippen LogP contribution in [0.4, 0.5) is 0 Å². The summed E-state index contributed by atoms with van der Waals surface area (Å²) in [5.41, 5.74) is 4.95. The van der Waals surface area contributed by atoms with E-state index in [-0.39, 0.29) is 13.1 Å². The zero-order valence-corrected chi connectivity index (χ0v) is 8.51. The SMILES string of the molecule is [2H][C@H](CCCCCCC)NCC(N)=O. The Balaban J connectivity index is 3.18. The van der Waals surface area contributed by atoms with Gasteiger partial charge in [0.15, 0.2) is 0 Å². The largest absolute Gasteiger partial charge is 0.369 e. The number of hydrogen-bond donors (Lipinski definition) is 2. The molecule has 0 saturated heterocycles. The Hall–Kier alpha value is -0.570. The lowest BCUT2D eigenvalue weighted by atomic mass is 10.1. The molecule has 0 aliphatic carbocycles. The molecule has 78 valence electrons. The van der Waals surface area contributed by atoms with Crippen LogP contribution in [0.25, 0.3) is 0 Å². The van der Waals surface area contributed by atoms with Crippen LogP contribution < -0.4 is 11.1 Å². The zero-order chi connectivity index (χ0) is 10.8. The highest BCUT2D eigenvalue weighted by atomic mass is 16.1. The van der Waals surface area contributed by atoms with Crippen LogP contribution in [-0.2, 0) is 4.79 Å². The number of rotatable bonds is 9. The van der Waals surface area contributed by atoms with Crippen molar-refractivity contribution in [2.24, 2.45) is 5.73 Å². The van der Waals surface area contributed by atoms with E-state index in [0.29, 0.717) is 0 Å². The number of nitrogens with one attached hydrogen (secondary N) is 1. The monoisotopic (exact) mass is 187 g/mol. The van der Waals surface area contributed by atoms with Gasteiger partial charge >= 0.3 is 0 Å². The third-order valence-corrected chi connectivity index (χ3v) is 1.87. The number of unbranched alkanes of at least 4 members (excludes halogenated alkanes) is 4. The van der Waals surface area contributed by atoms with Gasteiger partial charge in [-0.1, -0.05) is 39.0 Å². The number of carbonyl (C=O) groups is 1. The van der Waals surface area contributed by atoms with Crippen molar-refractivity contribution in [3.63, 3.8) is 0 Å². The molecule has 0 aromatic heterocycles. The van der Waals surface area contributed by atoms with E-state index in [2.05, 4.69) is 12.2 Å². The van der Waals surface area contributed by atoms with E-state index < -0.39 is 5.91 Å². The van der Waals surface area contributed by atoms with Crippen molar-refractivity contribution in [1.29, 1.82) is 0 Å². The molecule has 0 aromatic rings. The highest BCUT2D eigenvalue weighted by Crippen LogP contribution is 2.03. The molecular weight excluding hydrogens is 164 g/mol.